The number of carboxylic acids is 1. The lowest BCUT2D eigenvalue weighted by molar-refractivity contribution is 0.0697. The minimum Gasteiger partial charge on any atom is -0.478 e. The van der Waals surface area contributed by atoms with Gasteiger partial charge in [0.05, 0.1) is 21.3 Å². The Balaban J connectivity index is 2.94. The van der Waals surface area contributed by atoms with E-state index < -0.39 is 12.0 Å². The van der Waals surface area contributed by atoms with Crippen LogP contribution >= 0.6 is 23.2 Å². The summed E-state index contributed by atoms with van der Waals surface area (Å²) >= 11 is 11.9. The lowest BCUT2D eigenvalue weighted by atomic mass is 10.0. The molecule has 0 unspecified atom stereocenters. The van der Waals surface area contributed by atoms with E-state index in [1.807, 2.05) is 20.8 Å². The molecule has 0 aliphatic heterocycles. The van der Waals surface area contributed by atoms with E-state index in [9.17, 15) is 9.59 Å². The number of nitrogens with one attached hydrogen (secondary N) is 2. The smallest absolute Gasteiger partial charge is 0.335 e. The predicted molar refractivity (Wildman–Crippen MR) is 79.9 cm³/mol. The van der Waals surface area contributed by atoms with Crippen molar-refractivity contribution >= 4 is 40.9 Å². The highest BCUT2D eigenvalue weighted by Crippen LogP contribution is 2.32. The molecule has 5 nitrogen and oxygen atoms in total. The number of amides is 2. The Bertz CT molecular complexity index is 521. The third kappa shape index (κ3) is 4.28. The fourth-order valence-electron chi connectivity index (χ4n) is 1.36. The summed E-state index contributed by atoms with van der Waals surface area (Å²) in [6, 6.07) is 2.01. The van der Waals surface area contributed by atoms with Crippen molar-refractivity contribution in [2.75, 3.05) is 5.32 Å². The van der Waals surface area contributed by atoms with Gasteiger partial charge in [0.15, 0.2) is 0 Å². The number of aromatic carboxylic acids is 1. The number of rotatable bonds is 4. The quantitative estimate of drug-likeness (QED) is 0.785. The predicted octanol–water partition coefficient (Wildman–Crippen LogP) is 4.00. The SMILES string of the molecule is CCC(C)(C)NC(=O)Nc1c(Cl)cc(C(=O)O)cc1Cl. The zero-order chi connectivity index (χ0) is 15.5. The minimum absolute atomic E-state index is 0.0418. The van der Waals surface area contributed by atoms with Gasteiger partial charge < -0.3 is 15.7 Å². The minimum atomic E-state index is -1.14. The Kier molecular flexibility index (Phi) is 5.25. The van der Waals surface area contributed by atoms with Gasteiger partial charge in [0.1, 0.15) is 0 Å². The Morgan fingerprint density at radius 3 is 2.15 bits per heavy atom. The molecule has 0 atom stereocenters. The van der Waals surface area contributed by atoms with Crippen LogP contribution < -0.4 is 10.6 Å². The van der Waals surface area contributed by atoms with Crippen LogP contribution in [0, 0.1) is 0 Å². The highest BCUT2D eigenvalue weighted by molar-refractivity contribution is 6.40. The van der Waals surface area contributed by atoms with Crippen LogP contribution in [0.4, 0.5) is 10.5 Å². The van der Waals surface area contributed by atoms with Crippen LogP contribution in [0.1, 0.15) is 37.6 Å². The molecule has 1 rings (SSSR count). The van der Waals surface area contributed by atoms with Gasteiger partial charge in [-0.05, 0) is 32.4 Å². The van der Waals surface area contributed by atoms with Gasteiger partial charge in [-0.3, -0.25) is 0 Å². The number of carbonyl (C=O) groups excluding carboxylic acids is 1. The molecule has 1 aromatic rings. The number of carboxylic acid groups (broad SMARTS) is 1. The second-order valence-electron chi connectivity index (χ2n) is 4.94. The van der Waals surface area contributed by atoms with Crippen molar-refractivity contribution in [1.29, 1.82) is 0 Å². The van der Waals surface area contributed by atoms with Crippen molar-refractivity contribution in [3.63, 3.8) is 0 Å². The summed E-state index contributed by atoms with van der Waals surface area (Å²) in [5, 5.41) is 14.3. The molecule has 0 spiro atoms. The standard InChI is InChI=1S/C13H16Cl2N2O3/c1-4-13(2,3)17-12(20)16-10-8(14)5-7(11(18)19)6-9(10)15/h5-6H,4H2,1-3H3,(H,18,19)(H2,16,17,20). The van der Waals surface area contributed by atoms with Crippen molar-refractivity contribution < 1.29 is 14.7 Å². The van der Waals surface area contributed by atoms with E-state index in [0.29, 0.717) is 0 Å². The van der Waals surface area contributed by atoms with E-state index in [1.54, 1.807) is 0 Å². The number of halogens is 2. The normalized spacial score (nSPS) is 11.1. The Morgan fingerprint density at radius 1 is 1.25 bits per heavy atom. The maximum absolute atomic E-state index is 11.9. The average Bonchev–Trinajstić information content (AvgIpc) is 2.32. The molecule has 0 saturated heterocycles. The topological polar surface area (TPSA) is 78.4 Å². The lowest BCUT2D eigenvalue weighted by Gasteiger charge is -2.24. The zero-order valence-corrected chi connectivity index (χ0v) is 12.9. The molecule has 2 amide bonds. The summed E-state index contributed by atoms with van der Waals surface area (Å²) in [5.74, 6) is -1.14. The zero-order valence-electron chi connectivity index (χ0n) is 11.4. The fourth-order valence-corrected chi connectivity index (χ4v) is 1.94. The highest BCUT2D eigenvalue weighted by atomic mass is 35.5. The lowest BCUT2D eigenvalue weighted by Crippen LogP contribution is -2.45. The van der Waals surface area contributed by atoms with E-state index >= 15 is 0 Å². The van der Waals surface area contributed by atoms with Crippen LogP contribution in [0.25, 0.3) is 0 Å². The summed E-state index contributed by atoms with van der Waals surface area (Å²) in [5.41, 5.74) is -0.230. The Morgan fingerprint density at radius 2 is 1.75 bits per heavy atom. The third-order valence-electron chi connectivity index (χ3n) is 2.86. The molecule has 110 valence electrons. The molecule has 7 heteroatoms. The van der Waals surface area contributed by atoms with Gasteiger partial charge in [-0.15, -0.1) is 0 Å². The molecule has 0 heterocycles. The molecule has 3 N–H and O–H groups in total. The molecule has 0 aromatic heterocycles. The average molecular weight is 319 g/mol. The largest absolute Gasteiger partial charge is 0.478 e. The first-order valence-electron chi connectivity index (χ1n) is 5.98. The van der Waals surface area contributed by atoms with Crippen LogP contribution in [0.2, 0.25) is 10.0 Å². The summed E-state index contributed by atoms with van der Waals surface area (Å²) in [6.45, 7) is 5.70. The molecule has 0 bridgehead atoms. The van der Waals surface area contributed by atoms with Crippen LogP contribution in [-0.2, 0) is 0 Å². The second-order valence-corrected chi connectivity index (χ2v) is 5.75. The Labute approximate surface area is 127 Å². The van der Waals surface area contributed by atoms with Crippen molar-refractivity contribution in [2.24, 2.45) is 0 Å². The number of hydrogen-bond donors (Lipinski definition) is 3. The van der Waals surface area contributed by atoms with Gasteiger partial charge in [0.25, 0.3) is 0 Å². The summed E-state index contributed by atoms with van der Waals surface area (Å²) in [4.78, 5) is 22.7. The molecule has 0 saturated carbocycles. The molecule has 0 radical (unpaired) electrons. The molecular formula is C13H16Cl2N2O3. The molecule has 0 aliphatic rings. The Hall–Kier alpha value is -1.46. The number of carbonyl (C=O) groups is 2. The van der Waals surface area contributed by atoms with Crippen LogP contribution in [0.5, 0.6) is 0 Å². The van der Waals surface area contributed by atoms with Gasteiger partial charge in [-0.2, -0.15) is 0 Å². The van der Waals surface area contributed by atoms with Crippen molar-refractivity contribution in [3.05, 3.63) is 27.7 Å². The molecule has 0 aliphatic carbocycles. The molecule has 20 heavy (non-hydrogen) atoms. The first-order chi connectivity index (χ1) is 9.16. The fraction of sp³-hybridized carbons (Fsp3) is 0.385. The van der Waals surface area contributed by atoms with Gasteiger partial charge in [0, 0.05) is 5.54 Å². The van der Waals surface area contributed by atoms with E-state index in [4.69, 9.17) is 28.3 Å². The second kappa shape index (κ2) is 6.33. The van der Waals surface area contributed by atoms with Crippen molar-refractivity contribution in [2.45, 2.75) is 32.7 Å². The van der Waals surface area contributed by atoms with Gasteiger partial charge in [0.2, 0.25) is 0 Å². The summed E-state index contributed by atoms with van der Waals surface area (Å²) in [6.07, 6.45) is 0.750. The molecule has 1 aromatic carbocycles. The number of anilines is 1. The first-order valence-corrected chi connectivity index (χ1v) is 6.73. The van der Waals surface area contributed by atoms with Gasteiger partial charge in [-0.25, -0.2) is 9.59 Å². The number of urea groups is 1. The monoisotopic (exact) mass is 318 g/mol. The van der Waals surface area contributed by atoms with Crippen molar-refractivity contribution in [3.8, 4) is 0 Å². The molecular weight excluding hydrogens is 303 g/mol. The highest BCUT2D eigenvalue weighted by Gasteiger charge is 2.20. The van der Waals surface area contributed by atoms with E-state index in [-0.39, 0.29) is 26.8 Å². The van der Waals surface area contributed by atoms with Crippen LogP contribution in [-0.4, -0.2) is 22.6 Å². The van der Waals surface area contributed by atoms with Gasteiger partial charge in [-0.1, -0.05) is 30.1 Å². The maximum Gasteiger partial charge on any atom is 0.335 e. The van der Waals surface area contributed by atoms with Gasteiger partial charge >= 0.3 is 12.0 Å². The van der Waals surface area contributed by atoms with Crippen LogP contribution in [0.3, 0.4) is 0 Å². The maximum atomic E-state index is 11.9. The number of hydrogen-bond acceptors (Lipinski definition) is 2. The number of benzene rings is 1. The summed E-state index contributed by atoms with van der Waals surface area (Å²) in [7, 11) is 0. The van der Waals surface area contributed by atoms with Crippen molar-refractivity contribution in [1.82, 2.24) is 5.32 Å². The first kappa shape index (κ1) is 16.6. The van der Waals surface area contributed by atoms with E-state index in [2.05, 4.69) is 10.6 Å². The third-order valence-corrected chi connectivity index (χ3v) is 3.46. The summed E-state index contributed by atoms with van der Waals surface area (Å²) < 4.78 is 0. The van der Waals surface area contributed by atoms with E-state index in [1.165, 1.54) is 12.1 Å². The van der Waals surface area contributed by atoms with Crippen LogP contribution in [0.15, 0.2) is 12.1 Å². The van der Waals surface area contributed by atoms with E-state index in [0.717, 1.165) is 6.42 Å². The molecule has 0 fully saturated rings.